The Morgan fingerprint density at radius 3 is 2.58 bits per heavy atom. The predicted molar refractivity (Wildman–Crippen MR) is 90.8 cm³/mol. The monoisotopic (exact) mass is 327 g/mol. The first kappa shape index (κ1) is 15.7. The number of imidazole rings is 1. The van der Waals surface area contributed by atoms with Crippen molar-refractivity contribution < 1.29 is 14.3 Å². The van der Waals surface area contributed by atoms with Gasteiger partial charge in [-0.2, -0.15) is 0 Å². The summed E-state index contributed by atoms with van der Waals surface area (Å²) in [6, 6.07) is 10.1. The van der Waals surface area contributed by atoms with Crippen LogP contribution in [0.4, 0.5) is 5.69 Å². The lowest BCUT2D eigenvalue weighted by Gasteiger charge is -2.09. The Morgan fingerprint density at radius 1 is 1.12 bits per heavy atom. The average Bonchev–Trinajstić information content (AvgIpc) is 2.89. The number of fused-ring (bicyclic) bond motifs is 1. The second kappa shape index (κ2) is 6.11. The number of nitrogens with two attached hydrogens (primary N) is 1. The normalized spacial score (nSPS) is 10.8. The van der Waals surface area contributed by atoms with Crippen LogP contribution in [0.25, 0.3) is 11.0 Å². The van der Waals surface area contributed by atoms with Crippen LogP contribution in [-0.4, -0.2) is 29.7 Å². The van der Waals surface area contributed by atoms with E-state index >= 15 is 0 Å². The van der Waals surface area contributed by atoms with Gasteiger partial charge in [0.25, 0.3) is 0 Å². The van der Waals surface area contributed by atoms with Crippen LogP contribution >= 0.6 is 0 Å². The molecule has 0 aliphatic rings. The molecule has 2 aromatic carbocycles. The number of benzene rings is 2. The van der Waals surface area contributed by atoms with Crippen molar-refractivity contribution in [2.75, 3.05) is 20.0 Å². The summed E-state index contributed by atoms with van der Waals surface area (Å²) in [7, 11) is 3.06. The summed E-state index contributed by atoms with van der Waals surface area (Å²) in [6.07, 6.45) is 0.0437. The molecule has 0 aliphatic heterocycles. The summed E-state index contributed by atoms with van der Waals surface area (Å²) >= 11 is 0. The summed E-state index contributed by atoms with van der Waals surface area (Å²) in [6.45, 7) is 0. The zero-order valence-electron chi connectivity index (χ0n) is 13.3. The molecule has 1 aromatic heterocycles. The van der Waals surface area contributed by atoms with Crippen molar-refractivity contribution >= 4 is 22.6 Å². The largest absolute Gasteiger partial charge is 0.493 e. The summed E-state index contributed by atoms with van der Waals surface area (Å²) in [5.41, 5.74) is 7.49. The standard InChI is InChI=1S/C17H17N3O4/c1-23-14-6-3-10(7-15(14)24-2)8-16(21)20-13-9-11(18)4-5-12(13)19-17(20)22/h3-7,9H,8,18H2,1-2H3,(H,19,22). The van der Waals surface area contributed by atoms with Gasteiger partial charge in [0.05, 0.1) is 31.7 Å². The Balaban J connectivity index is 1.97. The van der Waals surface area contributed by atoms with E-state index in [2.05, 4.69) is 4.98 Å². The third-order valence-electron chi connectivity index (χ3n) is 3.76. The van der Waals surface area contributed by atoms with E-state index < -0.39 is 5.69 Å². The fourth-order valence-electron chi connectivity index (χ4n) is 2.61. The van der Waals surface area contributed by atoms with Gasteiger partial charge in [-0.05, 0) is 35.9 Å². The highest BCUT2D eigenvalue weighted by Gasteiger charge is 2.16. The molecular formula is C17H17N3O4. The number of carbonyl (C=O) groups is 1. The van der Waals surface area contributed by atoms with Gasteiger partial charge in [0, 0.05) is 5.69 Å². The molecule has 1 heterocycles. The highest BCUT2D eigenvalue weighted by molar-refractivity contribution is 5.92. The van der Waals surface area contributed by atoms with E-state index in [0.29, 0.717) is 33.8 Å². The number of nitrogens with zero attached hydrogens (tertiary/aromatic N) is 1. The number of nitrogens with one attached hydrogen (secondary N) is 1. The maximum atomic E-state index is 12.6. The van der Waals surface area contributed by atoms with E-state index in [1.54, 1.807) is 43.5 Å². The maximum Gasteiger partial charge on any atom is 0.333 e. The van der Waals surface area contributed by atoms with E-state index in [0.717, 1.165) is 4.57 Å². The van der Waals surface area contributed by atoms with Crippen molar-refractivity contribution in [3.05, 3.63) is 52.4 Å². The Kier molecular flexibility index (Phi) is 3.99. The molecule has 3 N–H and O–H groups in total. The van der Waals surface area contributed by atoms with Crippen molar-refractivity contribution in [3.8, 4) is 11.5 Å². The number of hydrogen-bond donors (Lipinski definition) is 2. The number of aromatic nitrogens is 2. The minimum Gasteiger partial charge on any atom is -0.493 e. The second-order valence-electron chi connectivity index (χ2n) is 5.30. The number of ether oxygens (including phenoxy) is 2. The van der Waals surface area contributed by atoms with E-state index in [1.165, 1.54) is 7.11 Å². The molecule has 0 radical (unpaired) electrons. The van der Waals surface area contributed by atoms with Crippen molar-refractivity contribution in [1.82, 2.24) is 9.55 Å². The van der Waals surface area contributed by atoms with E-state index in [9.17, 15) is 9.59 Å². The van der Waals surface area contributed by atoms with Crippen LogP contribution in [0, 0.1) is 0 Å². The Labute approximate surface area is 137 Å². The molecule has 0 spiro atoms. The summed E-state index contributed by atoms with van der Waals surface area (Å²) in [5, 5.41) is 0. The lowest BCUT2D eigenvalue weighted by atomic mass is 10.1. The Bertz CT molecular complexity index is 972. The van der Waals surface area contributed by atoms with Crippen LogP contribution in [0.1, 0.15) is 10.4 Å². The fourth-order valence-corrected chi connectivity index (χ4v) is 2.61. The third-order valence-corrected chi connectivity index (χ3v) is 3.76. The van der Waals surface area contributed by atoms with Crippen LogP contribution in [-0.2, 0) is 6.42 Å². The summed E-state index contributed by atoms with van der Waals surface area (Å²) in [4.78, 5) is 27.4. The molecule has 0 saturated carbocycles. The SMILES string of the molecule is COc1ccc(CC(=O)n2c(=O)[nH]c3ccc(N)cc32)cc1OC. The number of carbonyl (C=O) groups excluding carboxylic acids is 1. The van der Waals surface area contributed by atoms with Gasteiger partial charge >= 0.3 is 5.69 Å². The van der Waals surface area contributed by atoms with Gasteiger partial charge in [-0.3, -0.25) is 4.79 Å². The molecular weight excluding hydrogens is 310 g/mol. The van der Waals surface area contributed by atoms with Gasteiger partial charge < -0.3 is 20.2 Å². The molecule has 0 fully saturated rings. The average molecular weight is 327 g/mol. The minimum atomic E-state index is -0.485. The molecule has 0 unspecified atom stereocenters. The Hall–Kier alpha value is -3.22. The smallest absolute Gasteiger partial charge is 0.333 e. The molecule has 0 atom stereocenters. The second-order valence-corrected chi connectivity index (χ2v) is 5.30. The molecule has 0 aliphatic carbocycles. The van der Waals surface area contributed by atoms with Crippen LogP contribution in [0.2, 0.25) is 0 Å². The summed E-state index contributed by atoms with van der Waals surface area (Å²) in [5.74, 6) is 0.744. The van der Waals surface area contributed by atoms with Gasteiger partial charge in [0.1, 0.15) is 0 Å². The summed E-state index contributed by atoms with van der Waals surface area (Å²) < 4.78 is 11.5. The number of rotatable bonds is 4. The van der Waals surface area contributed by atoms with Crippen molar-refractivity contribution in [2.45, 2.75) is 6.42 Å². The van der Waals surface area contributed by atoms with E-state index in [4.69, 9.17) is 15.2 Å². The van der Waals surface area contributed by atoms with E-state index in [-0.39, 0.29) is 12.3 Å². The van der Waals surface area contributed by atoms with E-state index in [1.807, 2.05) is 0 Å². The van der Waals surface area contributed by atoms with Crippen LogP contribution in [0.3, 0.4) is 0 Å². The van der Waals surface area contributed by atoms with Gasteiger partial charge in [0.2, 0.25) is 5.91 Å². The topological polar surface area (TPSA) is 99.3 Å². The van der Waals surface area contributed by atoms with Crippen molar-refractivity contribution in [2.24, 2.45) is 0 Å². The van der Waals surface area contributed by atoms with Crippen LogP contribution in [0.15, 0.2) is 41.2 Å². The predicted octanol–water partition coefficient (Wildman–Crippen LogP) is 1.81. The van der Waals surface area contributed by atoms with Crippen LogP contribution < -0.4 is 20.9 Å². The molecule has 124 valence electrons. The lowest BCUT2D eigenvalue weighted by molar-refractivity contribution is 0.0915. The number of nitrogen functional groups attached to an aromatic ring is 1. The first-order valence-corrected chi connectivity index (χ1v) is 7.28. The molecule has 0 bridgehead atoms. The number of H-pyrrole nitrogens is 1. The minimum absolute atomic E-state index is 0.0437. The van der Waals surface area contributed by atoms with Gasteiger partial charge in [-0.1, -0.05) is 6.07 Å². The Morgan fingerprint density at radius 2 is 1.88 bits per heavy atom. The maximum absolute atomic E-state index is 12.6. The first-order valence-electron chi connectivity index (χ1n) is 7.28. The lowest BCUT2D eigenvalue weighted by Crippen LogP contribution is -2.25. The molecule has 7 nitrogen and oxygen atoms in total. The van der Waals surface area contributed by atoms with Gasteiger partial charge in [0.15, 0.2) is 11.5 Å². The number of aromatic amines is 1. The molecule has 0 saturated heterocycles. The zero-order chi connectivity index (χ0) is 17.3. The van der Waals surface area contributed by atoms with Crippen molar-refractivity contribution in [3.63, 3.8) is 0 Å². The molecule has 7 heteroatoms. The number of hydrogen-bond acceptors (Lipinski definition) is 5. The number of anilines is 1. The van der Waals surface area contributed by atoms with Crippen LogP contribution in [0.5, 0.6) is 11.5 Å². The fraction of sp³-hybridized carbons (Fsp3) is 0.176. The van der Waals surface area contributed by atoms with Crippen molar-refractivity contribution in [1.29, 1.82) is 0 Å². The zero-order valence-corrected chi connectivity index (χ0v) is 13.3. The first-order chi connectivity index (χ1) is 11.5. The van der Waals surface area contributed by atoms with Gasteiger partial charge in [-0.25, -0.2) is 9.36 Å². The molecule has 3 rings (SSSR count). The third kappa shape index (κ3) is 2.71. The quantitative estimate of drug-likeness (QED) is 0.712. The molecule has 3 aromatic rings. The molecule has 24 heavy (non-hydrogen) atoms. The van der Waals surface area contributed by atoms with Gasteiger partial charge in [-0.15, -0.1) is 0 Å². The molecule has 0 amide bonds. The highest BCUT2D eigenvalue weighted by Crippen LogP contribution is 2.28. The highest BCUT2D eigenvalue weighted by atomic mass is 16.5. The number of methoxy groups -OCH3 is 2.